The Morgan fingerprint density at radius 2 is 1.93 bits per heavy atom. The molecule has 0 aromatic rings. The highest BCUT2D eigenvalue weighted by atomic mass is 16.2. The van der Waals surface area contributed by atoms with Crippen molar-refractivity contribution in [3.63, 3.8) is 0 Å². The molecule has 0 saturated heterocycles. The van der Waals surface area contributed by atoms with Gasteiger partial charge in [0.25, 0.3) is 0 Å². The Bertz CT molecular complexity index is 281. The Balaban J connectivity index is 5.05. The molecule has 0 N–H and O–H groups in total. The fourth-order valence-electron chi connectivity index (χ4n) is 1.32. The molecule has 0 aliphatic rings. The molecule has 0 spiro atoms. The molecule has 0 aliphatic heterocycles. The van der Waals surface area contributed by atoms with Gasteiger partial charge < -0.3 is 4.90 Å². The zero-order valence-electron chi connectivity index (χ0n) is 9.59. The average molecular weight is 194 g/mol. The van der Waals surface area contributed by atoms with Gasteiger partial charge in [-0.3, -0.25) is 4.79 Å². The third-order valence-electron chi connectivity index (χ3n) is 1.88. The van der Waals surface area contributed by atoms with Crippen molar-refractivity contribution in [2.45, 2.75) is 46.2 Å². The van der Waals surface area contributed by atoms with Crippen LogP contribution in [0.3, 0.4) is 0 Å². The Hall–Kier alpha value is -1.30. The number of carbonyl (C=O) groups excluding carboxylic acids is 1. The largest absolute Gasteiger partial charge is 0.318 e. The Morgan fingerprint density at radius 3 is 2.14 bits per heavy atom. The summed E-state index contributed by atoms with van der Waals surface area (Å²) in [7, 11) is 0. The van der Waals surface area contributed by atoms with Crippen LogP contribution in [0.15, 0.2) is 12.2 Å². The van der Waals surface area contributed by atoms with Gasteiger partial charge in [0, 0.05) is 11.1 Å². The standard InChI is InChI=1S/C11H18N2O/c1-8(2)10(14)13(9(3)7-12)11(4,5)6/h9H,1H2,2-6H3. The summed E-state index contributed by atoms with van der Waals surface area (Å²) < 4.78 is 0. The molecule has 3 heteroatoms. The molecular formula is C11H18N2O. The van der Waals surface area contributed by atoms with E-state index in [0.717, 1.165) is 0 Å². The van der Waals surface area contributed by atoms with Crippen molar-refractivity contribution >= 4 is 5.91 Å². The number of rotatable bonds is 2. The van der Waals surface area contributed by atoms with Gasteiger partial charge in [-0.05, 0) is 34.6 Å². The average Bonchev–Trinajstić information content (AvgIpc) is 2.01. The SMILES string of the molecule is C=C(C)C(=O)N(C(C)C#N)C(C)(C)C. The molecule has 0 rings (SSSR count). The maximum Gasteiger partial charge on any atom is 0.250 e. The molecule has 3 nitrogen and oxygen atoms in total. The van der Waals surface area contributed by atoms with Crippen molar-refractivity contribution in [1.82, 2.24) is 4.90 Å². The molecule has 1 unspecified atom stereocenters. The smallest absolute Gasteiger partial charge is 0.250 e. The van der Waals surface area contributed by atoms with E-state index in [1.807, 2.05) is 20.8 Å². The molecule has 0 radical (unpaired) electrons. The van der Waals surface area contributed by atoms with Crippen LogP contribution in [0.4, 0.5) is 0 Å². The quantitative estimate of drug-likeness (QED) is 0.632. The van der Waals surface area contributed by atoms with Crippen molar-refractivity contribution in [2.75, 3.05) is 0 Å². The van der Waals surface area contributed by atoms with Gasteiger partial charge in [0.15, 0.2) is 0 Å². The number of nitrogens with zero attached hydrogens (tertiary/aromatic N) is 2. The highest BCUT2D eigenvalue weighted by Gasteiger charge is 2.30. The Morgan fingerprint density at radius 1 is 1.50 bits per heavy atom. The fraction of sp³-hybridized carbons (Fsp3) is 0.636. The summed E-state index contributed by atoms with van der Waals surface area (Å²) in [6.45, 7) is 12.7. The lowest BCUT2D eigenvalue weighted by molar-refractivity contribution is -0.133. The van der Waals surface area contributed by atoms with Crippen LogP contribution in [-0.4, -0.2) is 22.4 Å². The predicted octanol–water partition coefficient (Wildman–Crippen LogP) is 2.10. The normalized spacial score (nSPS) is 12.9. The lowest BCUT2D eigenvalue weighted by Gasteiger charge is -2.37. The van der Waals surface area contributed by atoms with Crippen LogP contribution < -0.4 is 0 Å². The van der Waals surface area contributed by atoms with Gasteiger partial charge in [0.05, 0.1) is 6.07 Å². The van der Waals surface area contributed by atoms with Gasteiger partial charge in [0.2, 0.25) is 5.91 Å². The van der Waals surface area contributed by atoms with Gasteiger partial charge in [-0.1, -0.05) is 6.58 Å². The molecule has 0 bridgehead atoms. The van der Waals surface area contributed by atoms with Gasteiger partial charge in [-0.2, -0.15) is 5.26 Å². The van der Waals surface area contributed by atoms with Crippen LogP contribution >= 0.6 is 0 Å². The minimum atomic E-state index is -0.431. The van der Waals surface area contributed by atoms with Crippen LogP contribution in [0, 0.1) is 11.3 Å². The van der Waals surface area contributed by atoms with Crippen LogP contribution in [0.25, 0.3) is 0 Å². The van der Waals surface area contributed by atoms with Crippen molar-refractivity contribution < 1.29 is 4.79 Å². The maximum absolute atomic E-state index is 11.8. The Kier molecular flexibility index (Phi) is 3.88. The molecule has 0 fully saturated rings. The van der Waals surface area contributed by atoms with E-state index < -0.39 is 6.04 Å². The van der Waals surface area contributed by atoms with Crippen molar-refractivity contribution in [1.29, 1.82) is 5.26 Å². The molecule has 14 heavy (non-hydrogen) atoms. The summed E-state index contributed by atoms with van der Waals surface area (Å²) in [5.74, 6) is -0.161. The fourth-order valence-corrected chi connectivity index (χ4v) is 1.32. The summed E-state index contributed by atoms with van der Waals surface area (Å²) in [5.41, 5.74) is 0.104. The molecule has 78 valence electrons. The van der Waals surface area contributed by atoms with E-state index in [9.17, 15) is 4.79 Å². The van der Waals surface area contributed by atoms with Crippen LogP contribution in [0.1, 0.15) is 34.6 Å². The molecule has 0 aromatic carbocycles. The summed E-state index contributed by atoms with van der Waals surface area (Å²) in [6, 6.07) is 1.64. The van der Waals surface area contributed by atoms with E-state index in [0.29, 0.717) is 5.57 Å². The topological polar surface area (TPSA) is 44.1 Å². The van der Waals surface area contributed by atoms with E-state index in [1.54, 1.807) is 18.7 Å². The first kappa shape index (κ1) is 12.7. The van der Waals surface area contributed by atoms with Crippen LogP contribution in [-0.2, 0) is 4.79 Å². The first-order chi connectivity index (χ1) is 6.21. The van der Waals surface area contributed by atoms with Crippen LogP contribution in [0.2, 0.25) is 0 Å². The minimum Gasteiger partial charge on any atom is -0.318 e. The highest BCUT2D eigenvalue weighted by Crippen LogP contribution is 2.19. The number of nitriles is 1. The summed E-state index contributed by atoms with van der Waals surface area (Å²) in [4.78, 5) is 13.3. The second-order valence-corrected chi connectivity index (χ2v) is 4.43. The molecular weight excluding hydrogens is 176 g/mol. The molecule has 0 saturated carbocycles. The van der Waals surface area contributed by atoms with Gasteiger partial charge in [0.1, 0.15) is 6.04 Å². The van der Waals surface area contributed by atoms with Crippen molar-refractivity contribution in [3.05, 3.63) is 12.2 Å². The van der Waals surface area contributed by atoms with E-state index in [4.69, 9.17) is 5.26 Å². The molecule has 1 atom stereocenters. The first-order valence-electron chi connectivity index (χ1n) is 4.60. The van der Waals surface area contributed by atoms with E-state index in [1.165, 1.54) is 0 Å². The van der Waals surface area contributed by atoms with E-state index >= 15 is 0 Å². The lowest BCUT2D eigenvalue weighted by atomic mass is 10.0. The van der Waals surface area contributed by atoms with E-state index in [2.05, 4.69) is 12.6 Å². The second-order valence-electron chi connectivity index (χ2n) is 4.43. The first-order valence-corrected chi connectivity index (χ1v) is 4.60. The number of hydrogen-bond donors (Lipinski definition) is 0. The van der Waals surface area contributed by atoms with Gasteiger partial charge in [-0.25, -0.2) is 0 Å². The van der Waals surface area contributed by atoms with Crippen molar-refractivity contribution in [3.8, 4) is 6.07 Å². The second kappa shape index (κ2) is 4.28. The highest BCUT2D eigenvalue weighted by molar-refractivity contribution is 5.93. The predicted molar refractivity (Wildman–Crippen MR) is 56.5 cm³/mol. The summed E-state index contributed by atoms with van der Waals surface area (Å²) >= 11 is 0. The maximum atomic E-state index is 11.8. The number of amides is 1. The molecule has 1 amide bonds. The van der Waals surface area contributed by atoms with Crippen molar-refractivity contribution in [2.24, 2.45) is 0 Å². The van der Waals surface area contributed by atoms with Gasteiger partial charge >= 0.3 is 0 Å². The molecule has 0 aliphatic carbocycles. The third-order valence-corrected chi connectivity index (χ3v) is 1.88. The third kappa shape index (κ3) is 2.88. The number of hydrogen-bond acceptors (Lipinski definition) is 2. The minimum absolute atomic E-state index is 0.161. The molecule has 0 heterocycles. The van der Waals surface area contributed by atoms with Gasteiger partial charge in [-0.15, -0.1) is 0 Å². The molecule has 0 aromatic heterocycles. The number of carbonyl (C=O) groups is 1. The van der Waals surface area contributed by atoms with E-state index in [-0.39, 0.29) is 11.4 Å². The summed E-state index contributed by atoms with van der Waals surface area (Å²) in [5, 5.41) is 8.83. The zero-order valence-corrected chi connectivity index (χ0v) is 9.59. The van der Waals surface area contributed by atoms with Crippen LogP contribution in [0.5, 0.6) is 0 Å². The monoisotopic (exact) mass is 194 g/mol. The lowest BCUT2D eigenvalue weighted by Crippen LogP contribution is -2.50. The zero-order chi connectivity index (χ0) is 11.5. The Labute approximate surface area is 86.0 Å². The summed E-state index contributed by atoms with van der Waals surface area (Å²) in [6.07, 6.45) is 0.